The fraction of sp³-hybridized carbons (Fsp3) is 0.500. The summed E-state index contributed by atoms with van der Waals surface area (Å²) in [5.41, 5.74) is 6.36. The Kier molecular flexibility index (Phi) is 4.34. The Morgan fingerprint density at radius 2 is 2.20 bits per heavy atom. The number of rotatable bonds is 6. The smallest absolute Gasteiger partial charge is 0.220 e. The molecule has 0 spiro atoms. The van der Waals surface area contributed by atoms with Crippen molar-refractivity contribution in [2.75, 3.05) is 6.54 Å². The molecule has 0 radical (unpaired) electrons. The molecule has 0 atom stereocenters. The molecule has 3 N–H and O–H groups in total. The number of nitrogens with two attached hydrogens (primary N) is 1. The van der Waals surface area contributed by atoms with Crippen LogP contribution in [0.3, 0.4) is 0 Å². The van der Waals surface area contributed by atoms with Gasteiger partial charge >= 0.3 is 0 Å². The van der Waals surface area contributed by atoms with Crippen LogP contribution < -0.4 is 11.1 Å². The number of fused-ring (bicyclic) bond motifs is 1. The summed E-state index contributed by atoms with van der Waals surface area (Å²) in [6.45, 7) is 4.39. The lowest BCUT2D eigenvalue weighted by molar-refractivity contribution is -0.121. The second kappa shape index (κ2) is 6.00. The highest BCUT2D eigenvalue weighted by atomic mass is 16.1. The van der Waals surface area contributed by atoms with Gasteiger partial charge in [-0.2, -0.15) is 0 Å². The third-order valence-corrected chi connectivity index (χ3v) is 3.05. The highest BCUT2D eigenvalue weighted by molar-refractivity contribution is 5.75. The van der Waals surface area contributed by atoms with E-state index in [1.807, 2.05) is 42.6 Å². The Labute approximate surface area is 118 Å². The molecule has 108 valence electrons. The van der Waals surface area contributed by atoms with E-state index in [2.05, 4.69) is 15.5 Å². The van der Waals surface area contributed by atoms with Crippen LogP contribution in [0.5, 0.6) is 0 Å². The van der Waals surface area contributed by atoms with Gasteiger partial charge in [-0.3, -0.25) is 9.20 Å². The Morgan fingerprint density at radius 1 is 1.40 bits per heavy atom. The molecular formula is C14H21N5O. The molecule has 2 rings (SSSR count). The number of nitrogens with zero attached hydrogens (tertiary/aromatic N) is 3. The average Bonchev–Trinajstić information content (AvgIpc) is 2.79. The number of carbonyl (C=O) groups is 1. The molecule has 0 aliphatic rings. The largest absolute Gasteiger partial charge is 0.356 e. The minimum atomic E-state index is -0.305. The molecule has 6 heteroatoms. The van der Waals surface area contributed by atoms with Crippen LogP contribution in [0, 0.1) is 0 Å². The van der Waals surface area contributed by atoms with Gasteiger partial charge in [-0.15, -0.1) is 10.2 Å². The number of pyridine rings is 1. The molecule has 0 aliphatic carbocycles. The lowest BCUT2D eigenvalue weighted by Gasteiger charge is -2.17. The van der Waals surface area contributed by atoms with E-state index in [1.54, 1.807) is 0 Å². The van der Waals surface area contributed by atoms with E-state index in [0.717, 1.165) is 11.5 Å². The maximum absolute atomic E-state index is 11.7. The van der Waals surface area contributed by atoms with E-state index < -0.39 is 0 Å². The zero-order chi connectivity index (χ0) is 14.6. The van der Waals surface area contributed by atoms with E-state index >= 15 is 0 Å². The van der Waals surface area contributed by atoms with Gasteiger partial charge in [0.25, 0.3) is 0 Å². The first-order chi connectivity index (χ1) is 9.46. The first-order valence-electron chi connectivity index (χ1n) is 6.80. The van der Waals surface area contributed by atoms with Crippen LogP contribution in [0.15, 0.2) is 24.4 Å². The van der Waals surface area contributed by atoms with Crippen molar-refractivity contribution >= 4 is 11.6 Å². The molecule has 20 heavy (non-hydrogen) atoms. The zero-order valence-electron chi connectivity index (χ0n) is 12.0. The number of hydrogen-bond acceptors (Lipinski definition) is 4. The van der Waals surface area contributed by atoms with Crippen molar-refractivity contribution in [3.63, 3.8) is 0 Å². The maximum atomic E-state index is 11.7. The van der Waals surface area contributed by atoms with Gasteiger partial charge in [0.1, 0.15) is 5.82 Å². The average molecular weight is 275 g/mol. The van der Waals surface area contributed by atoms with Crippen LogP contribution >= 0.6 is 0 Å². The van der Waals surface area contributed by atoms with E-state index in [9.17, 15) is 4.79 Å². The van der Waals surface area contributed by atoms with E-state index in [4.69, 9.17) is 5.73 Å². The van der Waals surface area contributed by atoms with Crippen LogP contribution in [-0.2, 0) is 11.2 Å². The van der Waals surface area contributed by atoms with E-state index in [1.165, 1.54) is 0 Å². The van der Waals surface area contributed by atoms with Gasteiger partial charge in [-0.25, -0.2) is 0 Å². The summed E-state index contributed by atoms with van der Waals surface area (Å²) in [5, 5.41) is 11.1. The van der Waals surface area contributed by atoms with Gasteiger partial charge in [-0.1, -0.05) is 6.07 Å². The fourth-order valence-corrected chi connectivity index (χ4v) is 1.90. The molecule has 2 aromatic heterocycles. The lowest BCUT2D eigenvalue weighted by atomic mass is 10.00. The Bertz CT molecular complexity index is 585. The van der Waals surface area contributed by atoms with Crippen molar-refractivity contribution in [2.45, 2.75) is 38.6 Å². The van der Waals surface area contributed by atoms with Gasteiger partial charge in [0.2, 0.25) is 5.91 Å². The lowest BCUT2D eigenvalue weighted by Crippen LogP contribution is -2.34. The van der Waals surface area contributed by atoms with Crippen molar-refractivity contribution in [1.29, 1.82) is 0 Å². The molecule has 0 aromatic carbocycles. The number of nitrogens with one attached hydrogen (secondary N) is 1. The maximum Gasteiger partial charge on any atom is 0.220 e. The molecular weight excluding hydrogens is 254 g/mol. The molecule has 0 fully saturated rings. The molecule has 0 saturated carbocycles. The predicted octanol–water partition coefficient (Wildman–Crippen LogP) is 0.905. The van der Waals surface area contributed by atoms with Gasteiger partial charge < -0.3 is 11.1 Å². The van der Waals surface area contributed by atoms with Crippen LogP contribution in [0.2, 0.25) is 0 Å². The monoisotopic (exact) mass is 275 g/mol. The van der Waals surface area contributed by atoms with Gasteiger partial charge in [0, 0.05) is 31.1 Å². The summed E-state index contributed by atoms with van der Waals surface area (Å²) in [6.07, 6.45) is 3.70. The fourth-order valence-electron chi connectivity index (χ4n) is 1.90. The molecule has 2 heterocycles. The number of aromatic nitrogens is 3. The molecule has 1 amide bonds. The number of carbonyl (C=O) groups excluding carboxylic acids is 1. The summed E-state index contributed by atoms with van der Waals surface area (Å²) in [6, 6.07) is 5.75. The molecule has 0 saturated heterocycles. The van der Waals surface area contributed by atoms with Gasteiger partial charge in [0.15, 0.2) is 5.65 Å². The third kappa shape index (κ3) is 4.03. The summed E-state index contributed by atoms with van der Waals surface area (Å²) >= 11 is 0. The van der Waals surface area contributed by atoms with Crippen molar-refractivity contribution in [3.8, 4) is 0 Å². The SMILES string of the molecule is CC(C)(N)CCC(=O)NCCc1nnc2ccccn12. The Balaban J connectivity index is 1.80. The quantitative estimate of drug-likeness (QED) is 0.820. The van der Waals surface area contributed by atoms with Gasteiger partial charge in [0.05, 0.1) is 0 Å². The Morgan fingerprint density at radius 3 is 2.95 bits per heavy atom. The number of amides is 1. The molecule has 2 aromatic rings. The Hall–Kier alpha value is -1.95. The zero-order valence-corrected chi connectivity index (χ0v) is 12.0. The minimum Gasteiger partial charge on any atom is -0.356 e. The van der Waals surface area contributed by atoms with Crippen LogP contribution in [0.1, 0.15) is 32.5 Å². The van der Waals surface area contributed by atoms with Crippen LogP contribution in [0.25, 0.3) is 5.65 Å². The molecule has 0 bridgehead atoms. The second-order valence-electron chi connectivity index (χ2n) is 5.63. The second-order valence-corrected chi connectivity index (χ2v) is 5.63. The van der Waals surface area contributed by atoms with Crippen molar-refractivity contribution in [2.24, 2.45) is 5.73 Å². The normalized spacial score (nSPS) is 11.8. The third-order valence-electron chi connectivity index (χ3n) is 3.05. The first kappa shape index (κ1) is 14.5. The van der Waals surface area contributed by atoms with Crippen molar-refractivity contribution < 1.29 is 4.79 Å². The topological polar surface area (TPSA) is 85.3 Å². The summed E-state index contributed by atoms with van der Waals surface area (Å²) in [7, 11) is 0. The summed E-state index contributed by atoms with van der Waals surface area (Å²) < 4.78 is 1.93. The minimum absolute atomic E-state index is 0.0253. The van der Waals surface area contributed by atoms with Crippen molar-refractivity contribution in [3.05, 3.63) is 30.2 Å². The molecule has 0 aliphatic heterocycles. The van der Waals surface area contributed by atoms with Crippen LogP contribution in [0.4, 0.5) is 0 Å². The standard InChI is InChI=1S/C14H21N5O/c1-14(2,15)8-6-13(20)16-9-7-12-18-17-11-5-3-4-10-19(11)12/h3-5,10H,6-9,15H2,1-2H3,(H,16,20). The molecule has 0 unspecified atom stereocenters. The van der Waals surface area contributed by atoms with E-state index in [0.29, 0.717) is 25.8 Å². The highest BCUT2D eigenvalue weighted by Gasteiger charge is 2.13. The van der Waals surface area contributed by atoms with Crippen LogP contribution in [-0.4, -0.2) is 32.6 Å². The molecule has 6 nitrogen and oxygen atoms in total. The van der Waals surface area contributed by atoms with Crippen molar-refractivity contribution in [1.82, 2.24) is 19.9 Å². The van der Waals surface area contributed by atoms with E-state index in [-0.39, 0.29) is 11.4 Å². The van der Waals surface area contributed by atoms with Gasteiger partial charge in [-0.05, 0) is 32.4 Å². The summed E-state index contributed by atoms with van der Waals surface area (Å²) in [5.74, 6) is 0.873. The highest BCUT2D eigenvalue weighted by Crippen LogP contribution is 2.06. The first-order valence-corrected chi connectivity index (χ1v) is 6.80. The summed E-state index contributed by atoms with van der Waals surface area (Å²) in [4.78, 5) is 11.7. The number of hydrogen-bond donors (Lipinski definition) is 2. The predicted molar refractivity (Wildman–Crippen MR) is 77.2 cm³/mol.